The highest BCUT2D eigenvalue weighted by molar-refractivity contribution is 8.00. The highest BCUT2D eigenvalue weighted by Crippen LogP contribution is 2.31. The Morgan fingerprint density at radius 2 is 1.95 bits per heavy atom. The quantitative estimate of drug-likeness (QED) is 0.915. The lowest BCUT2D eigenvalue weighted by molar-refractivity contribution is -0.159. The maximum Gasteiger partial charge on any atom is 0.471 e. The molecule has 0 saturated carbocycles. The molecule has 2 heterocycles. The van der Waals surface area contributed by atoms with Crippen molar-refractivity contribution in [2.75, 3.05) is 13.1 Å². The van der Waals surface area contributed by atoms with Crippen molar-refractivity contribution in [2.45, 2.75) is 22.7 Å². The molecule has 1 aromatic carbocycles. The van der Waals surface area contributed by atoms with Crippen molar-refractivity contribution >= 4 is 24.2 Å². The summed E-state index contributed by atoms with van der Waals surface area (Å²) in [6, 6.07) is 7.13. The fraction of sp³-hybridized carbons (Fsp3) is 0.385. The molecular weight excluding hydrogens is 339 g/mol. The lowest BCUT2D eigenvalue weighted by Crippen LogP contribution is -2.09. The fourth-order valence-electron chi connectivity index (χ4n) is 2.06. The van der Waals surface area contributed by atoms with E-state index < -0.39 is 12.1 Å². The molecule has 2 aromatic rings. The molecule has 1 atom stereocenters. The average Bonchev–Trinajstić information content (AvgIpc) is 3.09. The maximum absolute atomic E-state index is 12.4. The molecule has 1 aromatic heterocycles. The lowest BCUT2D eigenvalue weighted by atomic mass is 10.2. The molecule has 4 nitrogen and oxygen atoms in total. The van der Waals surface area contributed by atoms with Crippen molar-refractivity contribution in [3.05, 3.63) is 30.2 Å². The van der Waals surface area contributed by atoms with Crippen LogP contribution in [-0.2, 0) is 6.18 Å². The third kappa shape index (κ3) is 3.93. The first kappa shape index (κ1) is 17.1. The van der Waals surface area contributed by atoms with Gasteiger partial charge >= 0.3 is 12.1 Å². The highest BCUT2D eigenvalue weighted by atomic mass is 35.5. The fourth-order valence-corrected chi connectivity index (χ4v) is 3.17. The molecular formula is C13H13ClF3N3OS. The number of alkyl halides is 3. The Labute approximate surface area is 135 Å². The molecule has 1 saturated heterocycles. The van der Waals surface area contributed by atoms with Crippen molar-refractivity contribution in [3.63, 3.8) is 0 Å². The first-order valence-electron chi connectivity index (χ1n) is 6.41. The standard InChI is InChI=1S/C13H12F3N3OS.ClH/c14-13(15,16)12-18-11(19-20-12)8-1-3-9(4-2-8)21-10-5-6-17-7-10;/h1-4,10,17H,5-7H2;1H. The Kier molecular flexibility index (Phi) is 5.36. The van der Waals surface area contributed by atoms with Crippen molar-refractivity contribution in [2.24, 2.45) is 0 Å². The van der Waals surface area contributed by atoms with Gasteiger partial charge in [-0.25, -0.2) is 0 Å². The molecule has 1 aliphatic rings. The van der Waals surface area contributed by atoms with Crippen LogP contribution in [0.1, 0.15) is 12.3 Å². The number of rotatable bonds is 3. The molecule has 0 radical (unpaired) electrons. The van der Waals surface area contributed by atoms with Gasteiger partial charge in [0.1, 0.15) is 0 Å². The second-order valence-corrected chi connectivity index (χ2v) is 6.05. The van der Waals surface area contributed by atoms with Crippen LogP contribution < -0.4 is 5.32 Å². The highest BCUT2D eigenvalue weighted by Gasteiger charge is 2.38. The first-order valence-corrected chi connectivity index (χ1v) is 7.29. The minimum absolute atomic E-state index is 0. The van der Waals surface area contributed by atoms with Gasteiger partial charge in [-0.3, -0.25) is 0 Å². The van der Waals surface area contributed by atoms with Crippen LogP contribution >= 0.6 is 24.2 Å². The molecule has 1 N–H and O–H groups in total. The zero-order valence-electron chi connectivity index (χ0n) is 11.3. The maximum atomic E-state index is 12.4. The third-order valence-corrected chi connectivity index (χ3v) is 4.38. The van der Waals surface area contributed by atoms with E-state index >= 15 is 0 Å². The minimum Gasteiger partial charge on any atom is -0.329 e. The summed E-state index contributed by atoms with van der Waals surface area (Å²) in [5.74, 6) is -1.38. The van der Waals surface area contributed by atoms with Crippen LogP contribution in [0.4, 0.5) is 13.2 Å². The monoisotopic (exact) mass is 351 g/mol. The summed E-state index contributed by atoms with van der Waals surface area (Å²) < 4.78 is 41.4. The second-order valence-electron chi connectivity index (χ2n) is 4.68. The van der Waals surface area contributed by atoms with Crippen molar-refractivity contribution in [1.29, 1.82) is 0 Å². The van der Waals surface area contributed by atoms with Gasteiger partial charge in [0.15, 0.2) is 0 Å². The zero-order valence-corrected chi connectivity index (χ0v) is 12.9. The predicted molar refractivity (Wildman–Crippen MR) is 79.1 cm³/mol. The number of halogens is 4. The minimum atomic E-state index is -4.61. The van der Waals surface area contributed by atoms with Gasteiger partial charge in [-0.05, 0) is 37.2 Å². The molecule has 1 unspecified atom stereocenters. The number of benzene rings is 1. The normalized spacial score (nSPS) is 18.2. The zero-order chi connectivity index (χ0) is 14.9. The molecule has 22 heavy (non-hydrogen) atoms. The van der Waals surface area contributed by atoms with E-state index in [2.05, 4.69) is 20.0 Å². The third-order valence-electron chi connectivity index (χ3n) is 3.10. The van der Waals surface area contributed by atoms with Crippen LogP contribution in [0.3, 0.4) is 0 Å². The summed E-state index contributed by atoms with van der Waals surface area (Å²) in [5, 5.41) is 7.19. The molecule has 9 heteroatoms. The largest absolute Gasteiger partial charge is 0.471 e. The number of aromatic nitrogens is 2. The smallest absolute Gasteiger partial charge is 0.329 e. The van der Waals surface area contributed by atoms with Gasteiger partial charge in [0, 0.05) is 22.3 Å². The summed E-state index contributed by atoms with van der Waals surface area (Å²) in [7, 11) is 0. The SMILES string of the molecule is Cl.FC(F)(F)c1nc(-c2ccc(SC3CCNC3)cc2)no1. The van der Waals surface area contributed by atoms with Gasteiger partial charge in [-0.15, -0.1) is 24.2 Å². The number of hydrogen-bond donors (Lipinski definition) is 1. The van der Waals surface area contributed by atoms with Gasteiger partial charge < -0.3 is 9.84 Å². The topological polar surface area (TPSA) is 51.0 Å². The van der Waals surface area contributed by atoms with E-state index in [1.165, 1.54) is 0 Å². The Hall–Kier alpha value is -1.25. The van der Waals surface area contributed by atoms with Crippen LogP contribution in [0.25, 0.3) is 11.4 Å². The van der Waals surface area contributed by atoms with E-state index in [0.717, 1.165) is 24.4 Å². The van der Waals surface area contributed by atoms with E-state index in [1.54, 1.807) is 23.9 Å². The number of nitrogens with zero attached hydrogens (tertiary/aromatic N) is 2. The van der Waals surface area contributed by atoms with Crippen molar-refractivity contribution in [1.82, 2.24) is 15.5 Å². The number of hydrogen-bond acceptors (Lipinski definition) is 5. The van der Waals surface area contributed by atoms with E-state index in [0.29, 0.717) is 10.8 Å². The Morgan fingerprint density at radius 3 is 2.50 bits per heavy atom. The second kappa shape index (κ2) is 6.89. The van der Waals surface area contributed by atoms with Gasteiger partial charge in [0.2, 0.25) is 5.82 Å². The summed E-state index contributed by atoms with van der Waals surface area (Å²) in [6.07, 6.45) is -3.50. The summed E-state index contributed by atoms with van der Waals surface area (Å²) in [6.45, 7) is 2.00. The van der Waals surface area contributed by atoms with Gasteiger partial charge in [-0.1, -0.05) is 5.16 Å². The van der Waals surface area contributed by atoms with Crippen LogP contribution in [-0.4, -0.2) is 28.5 Å². The molecule has 0 amide bonds. The molecule has 3 rings (SSSR count). The van der Waals surface area contributed by atoms with Crippen LogP contribution in [0.2, 0.25) is 0 Å². The van der Waals surface area contributed by atoms with E-state index in [9.17, 15) is 13.2 Å². The Bertz CT molecular complexity index is 612. The number of nitrogens with one attached hydrogen (secondary N) is 1. The first-order chi connectivity index (χ1) is 10.0. The van der Waals surface area contributed by atoms with Gasteiger partial charge in [-0.2, -0.15) is 18.2 Å². The van der Waals surface area contributed by atoms with Crippen LogP contribution in [0.5, 0.6) is 0 Å². The van der Waals surface area contributed by atoms with Crippen LogP contribution in [0.15, 0.2) is 33.7 Å². The molecule has 0 aliphatic carbocycles. The Balaban J connectivity index is 0.00000176. The molecule has 1 aliphatic heterocycles. The van der Waals surface area contributed by atoms with E-state index in [1.807, 2.05) is 12.1 Å². The Morgan fingerprint density at radius 1 is 1.23 bits per heavy atom. The van der Waals surface area contributed by atoms with Crippen LogP contribution in [0, 0.1) is 0 Å². The summed E-state index contributed by atoms with van der Waals surface area (Å²) in [4.78, 5) is 4.44. The molecule has 120 valence electrons. The number of thioether (sulfide) groups is 1. The van der Waals surface area contributed by atoms with Crippen molar-refractivity contribution < 1.29 is 17.7 Å². The van der Waals surface area contributed by atoms with Gasteiger partial charge in [0.25, 0.3) is 0 Å². The van der Waals surface area contributed by atoms with E-state index in [4.69, 9.17) is 0 Å². The van der Waals surface area contributed by atoms with E-state index in [-0.39, 0.29) is 18.2 Å². The average molecular weight is 352 g/mol. The predicted octanol–water partition coefficient (Wildman–Crippen LogP) is 3.63. The molecule has 0 spiro atoms. The summed E-state index contributed by atoms with van der Waals surface area (Å²) >= 11 is 1.76. The lowest BCUT2D eigenvalue weighted by Gasteiger charge is -2.07. The summed E-state index contributed by atoms with van der Waals surface area (Å²) in [5.41, 5.74) is 0.503. The molecule has 1 fully saturated rings. The van der Waals surface area contributed by atoms with Gasteiger partial charge in [0.05, 0.1) is 0 Å². The van der Waals surface area contributed by atoms with Crippen molar-refractivity contribution in [3.8, 4) is 11.4 Å². The molecule has 0 bridgehead atoms.